The van der Waals surface area contributed by atoms with E-state index >= 15 is 0 Å². The summed E-state index contributed by atoms with van der Waals surface area (Å²) in [5.74, 6) is -0.347. The van der Waals surface area contributed by atoms with E-state index in [-0.39, 0.29) is 43.4 Å². The summed E-state index contributed by atoms with van der Waals surface area (Å²) in [6.07, 6.45) is 3.27. The van der Waals surface area contributed by atoms with Crippen LogP contribution in [-0.4, -0.2) is 34.0 Å². The summed E-state index contributed by atoms with van der Waals surface area (Å²) in [5, 5.41) is 16.3. The molecule has 0 aliphatic carbocycles. The Morgan fingerprint density at radius 3 is 2.73 bits per heavy atom. The molecular weight excluding hydrogens is 336 g/mol. The zero-order valence-corrected chi connectivity index (χ0v) is 13.8. The van der Waals surface area contributed by atoms with Crippen LogP contribution in [0.5, 0.6) is 0 Å². The maximum absolute atomic E-state index is 12.9. The van der Waals surface area contributed by atoms with Gasteiger partial charge in [-0.15, -0.1) is 0 Å². The summed E-state index contributed by atoms with van der Waals surface area (Å²) >= 11 is 0. The predicted octanol–water partition coefficient (Wildman–Crippen LogP) is 3.47. The van der Waals surface area contributed by atoms with Gasteiger partial charge in [0.2, 0.25) is 0 Å². The fraction of sp³-hybridized carbons (Fsp3) is 0.250. The highest BCUT2D eigenvalue weighted by Crippen LogP contribution is 2.21. The van der Waals surface area contributed by atoms with E-state index in [9.17, 15) is 9.90 Å². The number of azide groups is 2. The molecule has 1 N–H and O–H groups in total. The topological polar surface area (TPSA) is 151 Å². The van der Waals surface area contributed by atoms with Gasteiger partial charge in [0, 0.05) is 46.6 Å². The molecule has 0 unspecified atom stereocenters. The molecule has 132 valence electrons. The second kappa shape index (κ2) is 9.65. The lowest BCUT2D eigenvalue weighted by Crippen LogP contribution is -2.33. The molecule has 0 saturated carbocycles. The summed E-state index contributed by atoms with van der Waals surface area (Å²) in [7, 11) is 0. The van der Waals surface area contributed by atoms with Crippen LogP contribution in [0.15, 0.2) is 53.0 Å². The average molecular weight is 352 g/mol. The predicted molar refractivity (Wildman–Crippen MR) is 94.2 cm³/mol. The molecule has 2 aromatic rings. The third-order valence-electron chi connectivity index (χ3n) is 3.45. The van der Waals surface area contributed by atoms with Crippen LogP contribution >= 0.6 is 0 Å². The number of aliphatic hydroxyl groups is 1. The summed E-state index contributed by atoms with van der Waals surface area (Å²) in [6, 6.07) is 8.16. The quantitative estimate of drug-likeness (QED) is 0.440. The van der Waals surface area contributed by atoms with Gasteiger partial charge in [0.15, 0.2) is 0 Å². The van der Waals surface area contributed by atoms with Crippen molar-refractivity contribution >= 4 is 11.6 Å². The van der Waals surface area contributed by atoms with E-state index in [2.05, 4.69) is 25.0 Å². The summed E-state index contributed by atoms with van der Waals surface area (Å²) in [5.41, 5.74) is 19.0. The minimum Gasteiger partial charge on any atom is -0.395 e. The van der Waals surface area contributed by atoms with Crippen LogP contribution in [-0.2, 0) is 13.1 Å². The van der Waals surface area contributed by atoms with E-state index in [4.69, 9.17) is 11.1 Å². The first kappa shape index (κ1) is 18.8. The second-order valence-electron chi connectivity index (χ2n) is 5.28. The van der Waals surface area contributed by atoms with Crippen LogP contribution in [0, 0.1) is 0 Å². The van der Waals surface area contributed by atoms with Gasteiger partial charge in [0.05, 0.1) is 13.2 Å². The lowest BCUT2D eigenvalue weighted by molar-refractivity contribution is 0.0707. The van der Waals surface area contributed by atoms with E-state index in [0.29, 0.717) is 5.56 Å². The number of aliphatic hydroxyl groups excluding tert-OH is 1. The first-order chi connectivity index (χ1) is 12.7. The van der Waals surface area contributed by atoms with E-state index in [0.717, 1.165) is 5.56 Å². The lowest BCUT2D eigenvalue weighted by Gasteiger charge is -2.22. The standard InChI is InChI=1S/C16H16N8O2/c17-22-20-10-13-6-14(8-15(7-13)21-23-18)16(26)24(4-5-25)11-12-2-1-3-19-9-12/h1-3,6-9,25H,4-5,10-11H2. The van der Waals surface area contributed by atoms with Crippen LogP contribution < -0.4 is 0 Å². The number of amides is 1. The van der Waals surface area contributed by atoms with Crippen molar-refractivity contribution in [2.24, 2.45) is 10.2 Å². The highest BCUT2D eigenvalue weighted by atomic mass is 16.3. The smallest absolute Gasteiger partial charge is 0.254 e. The summed E-state index contributed by atoms with van der Waals surface area (Å²) < 4.78 is 0. The molecule has 2 rings (SSSR count). The van der Waals surface area contributed by atoms with Crippen LogP contribution in [0.25, 0.3) is 20.9 Å². The van der Waals surface area contributed by atoms with Crippen molar-refractivity contribution in [3.8, 4) is 0 Å². The Morgan fingerprint density at radius 2 is 2.08 bits per heavy atom. The molecule has 1 aromatic heterocycles. The van der Waals surface area contributed by atoms with Crippen molar-refractivity contribution < 1.29 is 9.90 Å². The normalized spacial score (nSPS) is 9.73. The number of benzene rings is 1. The van der Waals surface area contributed by atoms with Crippen molar-refractivity contribution in [3.63, 3.8) is 0 Å². The largest absolute Gasteiger partial charge is 0.395 e. The third kappa shape index (κ3) is 5.22. The van der Waals surface area contributed by atoms with E-state index in [1.807, 2.05) is 6.07 Å². The molecule has 0 saturated heterocycles. The van der Waals surface area contributed by atoms with Gasteiger partial charge in [-0.25, -0.2) is 0 Å². The fourth-order valence-electron chi connectivity index (χ4n) is 2.38. The highest BCUT2D eigenvalue weighted by Gasteiger charge is 2.17. The second-order valence-corrected chi connectivity index (χ2v) is 5.28. The molecule has 1 amide bonds. The number of carbonyl (C=O) groups excluding carboxylic acids is 1. The molecule has 0 atom stereocenters. The van der Waals surface area contributed by atoms with Crippen molar-refractivity contribution in [1.82, 2.24) is 9.88 Å². The Balaban J connectivity index is 2.35. The third-order valence-corrected chi connectivity index (χ3v) is 3.45. The summed E-state index contributed by atoms with van der Waals surface area (Å²) in [4.78, 5) is 23.8. The number of hydrogen-bond acceptors (Lipinski definition) is 5. The van der Waals surface area contributed by atoms with E-state index < -0.39 is 0 Å². The van der Waals surface area contributed by atoms with E-state index in [1.165, 1.54) is 11.0 Å². The molecule has 0 spiro atoms. The first-order valence-electron chi connectivity index (χ1n) is 7.67. The zero-order valence-electron chi connectivity index (χ0n) is 13.8. The SMILES string of the molecule is [N-]=[N+]=NCc1cc(N=[N+]=[N-])cc(C(=O)N(CCO)Cc2cccnc2)c1. The molecule has 10 heteroatoms. The molecule has 0 radical (unpaired) electrons. The van der Waals surface area contributed by atoms with Crippen molar-refractivity contribution in [2.75, 3.05) is 13.2 Å². The Bertz CT molecular complexity index is 858. The van der Waals surface area contributed by atoms with Gasteiger partial charge in [-0.05, 0) is 46.5 Å². The molecule has 0 aliphatic heterocycles. The fourth-order valence-corrected chi connectivity index (χ4v) is 2.38. The molecule has 0 bridgehead atoms. The van der Waals surface area contributed by atoms with Crippen LogP contribution in [0.3, 0.4) is 0 Å². The molecule has 0 fully saturated rings. The van der Waals surface area contributed by atoms with Gasteiger partial charge >= 0.3 is 0 Å². The van der Waals surface area contributed by atoms with Crippen LogP contribution in [0.1, 0.15) is 21.5 Å². The van der Waals surface area contributed by atoms with Gasteiger partial charge in [0.25, 0.3) is 5.91 Å². The number of hydrogen-bond donors (Lipinski definition) is 1. The number of rotatable bonds is 8. The van der Waals surface area contributed by atoms with Gasteiger partial charge in [-0.1, -0.05) is 16.3 Å². The van der Waals surface area contributed by atoms with Gasteiger partial charge in [-0.3, -0.25) is 9.78 Å². The Morgan fingerprint density at radius 1 is 1.23 bits per heavy atom. The van der Waals surface area contributed by atoms with Gasteiger partial charge in [0.1, 0.15) is 0 Å². The monoisotopic (exact) mass is 352 g/mol. The zero-order chi connectivity index (χ0) is 18.8. The van der Waals surface area contributed by atoms with E-state index in [1.54, 1.807) is 30.6 Å². The number of carbonyl (C=O) groups is 1. The molecule has 0 aliphatic rings. The maximum Gasteiger partial charge on any atom is 0.254 e. The minimum atomic E-state index is -0.347. The van der Waals surface area contributed by atoms with Crippen molar-refractivity contribution in [1.29, 1.82) is 0 Å². The Hall–Kier alpha value is -3.58. The Labute approximate surface area is 149 Å². The van der Waals surface area contributed by atoms with Gasteiger partial charge in [-0.2, -0.15) is 0 Å². The molecule has 1 heterocycles. The average Bonchev–Trinajstić information content (AvgIpc) is 2.66. The summed E-state index contributed by atoms with van der Waals surface area (Å²) in [6.45, 7) is 0.220. The highest BCUT2D eigenvalue weighted by molar-refractivity contribution is 5.95. The number of nitrogens with zero attached hydrogens (tertiary/aromatic N) is 8. The van der Waals surface area contributed by atoms with Crippen LogP contribution in [0.2, 0.25) is 0 Å². The molecule has 10 nitrogen and oxygen atoms in total. The van der Waals surface area contributed by atoms with Crippen molar-refractivity contribution in [2.45, 2.75) is 13.1 Å². The maximum atomic E-state index is 12.9. The molecule has 1 aromatic carbocycles. The minimum absolute atomic E-state index is 0.0220. The first-order valence-corrected chi connectivity index (χ1v) is 7.67. The molecule has 26 heavy (non-hydrogen) atoms. The molecular formula is C16H16N8O2. The van der Waals surface area contributed by atoms with Gasteiger partial charge < -0.3 is 10.0 Å². The number of pyridine rings is 1. The Kier molecular flexibility index (Phi) is 6.96. The lowest BCUT2D eigenvalue weighted by atomic mass is 10.1. The number of aromatic nitrogens is 1. The van der Waals surface area contributed by atoms with Crippen LogP contribution in [0.4, 0.5) is 5.69 Å². The van der Waals surface area contributed by atoms with Crippen molar-refractivity contribution in [3.05, 3.63) is 80.3 Å².